The predicted octanol–water partition coefficient (Wildman–Crippen LogP) is 7.43. The number of rotatable bonds is 2. The van der Waals surface area contributed by atoms with Gasteiger partial charge in [-0.1, -0.05) is 49.2 Å². The number of halogens is 6. The largest absolute Gasteiger partial charge is 0.206 e. The summed E-state index contributed by atoms with van der Waals surface area (Å²) in [6.45, 7) is 1.98. The van der Waals surface area contributed by atoms with Crippen LogP contribution in [0.15, 0.2) is 54.6 Å². The summed E-state index contributed by atoms with van der Waals surface area (Å²) in [5.74, 6) is 3.30. The molecule has 0 saturated heterocycles. The third-order valence-corrected chi connectivity index (χ3v) is 5.26. The fourth-order valence-corrected chi connectivity index (χ4v) is 3.53. The first-order valence-corrected chi connectivity index (χ1v) is 10.7. The molecule has 0 aliphatic carbocycles. The van der Waals surface area contributed by atoms with Crippen LogP contribution in [0.1, 0.15) is 41.2 Å². The van der Waals surface area contributed by atoms with Gasteiger partial charge < -0.3 is 0 Å². The van der Waals surface area contributed by atoms with Crippen LogP contribution in [0.5, 0.6) is 0 Å². The Morgan fingerprint density at radius 1 is 0.600 bits per heavy atom. The van der Waals surface area contributed by atoms with Crippen LogP contribution in [0.25, 0.3) is 10.8 Å². The third-order valence-electron chi connectivity index (χ3n) is 5.26. The second-order valence-corrected chi connectivity index (χ2v) is 7.80. The molecule has 4 rings (SSSR count). The van der Waals surface area contributed by atoms with Crippen molar-refractivity contribution in [2.75, 3.05) is 0 Å². The minimum absolute atomic E-state index is 0.00117. The van der Waals surface area contributed by atoms with Crippen molar-refractivity contribution in [1.29, 1.82) is 0 Å². The van der Waals surface area contributed by atoms with Crippen LogP contribution < -0.4 is 0 Å². The van der Waals surface area contributed by atoms with Crippen LogP contribution in [-0.4, -0.2) is 0 Å². The maximum absolute atomic E-state index is 14.5. The quantitative estimate of drug-likeness (QED) is 0.160. The predicted molar refractivity (Wildman–Crippen MR) is 123 cm³/mol. The van der Waals surface area contributed by atoms with Gasteiger partial charge in [0.25, 0.3) is 0 Å². The van der Waals surface area contributed by atoms with Gasteiger partial charge in [0.15, 0.2) is 17.5 Å². The van der Waals surface area contributed by atoms with E-state index in [-0.39, 0.29) is 27.5 Å². The molecule has 35 heavy (non-hydrogen) atoms. The normalized spacial score (nSPS) is 10.5. The molecular weight excluding hydrogens is 462 g/mol. The van der Waals surface area contributed by atoms with Crippen LogP contribution in [0.2, 0.25) is 0 Å². The molecule has 0 unspecified atom stereocenters. The second-order valence-electron chi connectivity index (χ2n) is 7.80. The van der Waals surface area contributed by atoms with E-state index in [0.717, 1.165) is 36.6 Å². The molecule has 6 heteroatoms. The lowest BCUT2D eigenvalue weighted by molar-refractivity contribution is 0.453. The van der Waals surface area contributed by atoms with E-state index in [4.69, 9.17) is 0 Å². The maximum Gasteiger partial charge on any atom is 0.195 e. The Morgan fingerprint density at radius 2 is 1.31 bits per heavy atom. The summed E-state index contributed by atoms with van der Waals surface area (Å²) >= 11 is 0. The highest BCUT2D eigenvalue weighted by atomic mass is 19.2. The van der Waals surface area contributed by atoms with E-state index in [1.165, 1.54) is 30.3 Å². The van der Waals surface area contributed by atoms with E-state index < -0.39 is 40.5 Å². The van der Waals surface area contributed by atoms with Gasteiger partial charge in [-0.3, -0.25) is 0 Å². The molecule has 0 aliphatic rings. The molecule has 0 radical (unpaired) electrons. The van der Waals surface area contributed by atoms with Gasteiger partial charge in [-0.25, -0.2) is 26.3 Å². The molecule has 0 fully saturated rings. The zero-order chi connectivity index (χ0) is 25.1. The van der Waals surface area contributed by atoms with Crippen molar-refractivity contribution < 1.29 is 26.3 Å². The van der Waals surface area contributed by atoms with Crippen LogP contribution in [0, 0.1) is 58.6 Å². The average molecular weight is 478 g/mol. The van der Waals surface area contributed by atoms with Crippen molar-refractivity contribution in [1.82, 2.24) is 0 Å². The molecule has 0 bridgehead atoms. The number of hydrogen-bond donors (Lipinski definition) is 0. The molecule has 0 aliphatic heterocycles. The van der Waals surface area contributed by atoms with E-state index >= 15 is 0 Å². The van der Waals surface area contributed by atoms with Crippen molar-refractivity contribution in [3.8, 4) is 23.7 Å². The highest BCUT2D eigenvalue weighted by Crippen LogP contribution is 2.24. The molecular formula is C29H16F6. The summed E-state index contributed by atoms with van der Waals surface area (Å²) in [6, 6.07) is 11.3. The Bertz CT molecular complexity index is 1560. The molecule has 0 nitrogen and oxygen atoms in total. The summed E-state index contributed by atoms with van der Waals surface area (Å²) in [4.78, 5) is 0. The van der Waals surface area contributed by atoms with Gasteiger partial charge in [0.1, 0.15) is 17.5 Å². The van der Waals surface area contributed by atoms with E-state index in [9.17, 15) is 26.3 Å². The zero-order valence-corrected chi connectivity index (χ0v) is 18.4. The molecule has 0 atom stereocenters. The molecule has 0 N–H and O–H groups in total. The molecule has 0 heterocycles. The van der Waals surface area contributed by atoms with Gasteiger partial charge >= 0.3 is 0 Å². The Kier molecular flexibility index (Phi) is 6.85. The summed E-state index contributed by atoms with van der Waals surface area (Å²) in [5, 5.41) is -0.0964. The van der Waals surface area contributed by atoms with Crippen LogP contribution in [0.3, 0.4) is 0 Å². The van der Waals surface area contributed by atoms with Crippen molar-refractivity contribution >= 4 is 10.8 Å². The van der Waals surface area contributed by atoms with Crippen molar-refractivity contribution in [2.45, 2.75) is 19.8 Å². The highest BCUT2D eigenvalue weighted by Gasteiger charge is 2.13. The SMILES string of the molecule is CCCc1ccc(C#Cc2cc(F)c(C#Cc3ccc4c(F)c(F)c(F)cc4c3)c(F)c2)c(F)c1. The van der Waals surface area contributed by atoms with Crippen molar-refractivity contribution in [3.63, 3.8) is 0 Å². The van der Waals surface area contributed by atoms with Gasteiger partial charge in [-0.2, -0.15) is 0 Å². The topological polar surface area (TPSA) is 0 Å². The molecule has 0 aromatic heterocycles. The summed E-state index contributed by atoms with van der Waals surface area (Å²) in [5.41, 5.74) is 0.638. The van der Waals surface area contributed by atoms with Crippen molar-refractivity contribution in [3.05, 3.63) is 117 Å². The third kappa shape index (κ3) is 5.18. The van der Waals surface area contributed by atoms with E-state index in [0.29, 0.717) is 0 Å². The Morgan fingerprint density at radius 3 is 2.00 bits per heavy atom. The second kappa shape index (κ2) is 9.99. The lowest BCUT2D eigenvalue weighted by Gasteiger charge is -2.03. The van der Waals surface area contributed by atoms with E-state index in [2.05, 4.69) is 23.7 Å². The average Bonchev–Trinajstić information content (AvgIpc) is 2.81. The Hall–Kier alpha value is -4.16. The van der Waals surface area contributed by atoms with Crippen LogP contribution in [-0.2, 0) is 6.42 Å². The first-order valence-electron chi connectivity index (χ1n) is 10.7. The fraction of sp³-hybridized carbons (Fsp3) is 0.103. The first-order chi connectivity index (χ1) is 16.8. The minimum atomic E-state index is -1.58. The van der Waals surface area contributed by atoms with Gasteiger partial charge in [0.05, 0.1) is 11.1 Å². The zero-order valence-electron chi connectivity index (χ0n) is 18.4. The number of hydrogen-bond acceptors (Lipinski definition) is 0. The lowest BCUT2D eigenvalue weighted by Crippen LogP contribution is -1.94. The van der Waals surface area contributed by atoms with Crippen LogP contribution >= 0.6 is 0 Å². The summed E-state index contributed by atoms with van der Waals surface area (Å²) in [7, 11) is 0. The summed E-state index contributed by atoms with van der Waals surface area (Å²) < 4.78 is 84.0. The van der Waals surface area contributed by atoms with Gasteiger partial charge in [0.2, 0.25) is 0 Å². The standard InChI is InChI=1S/C29H16F6/c1-2-3-17-4-8-20(24(30)13-17)9-5-19-14-25(31)23(26(32)15-19)11-7-18-6-10-22-21(12-18)16-27(33)29(35)28(22)34/h4,6,8,10,12-16H,2-3H2,1H3. The lowest BCUT2D eigenvalue weighted by atomic mass is 10.0. The smallest absolute Gasteiger partial charge is 0.195 e. The molecule has 4 aromatic carbocycles. The number of fused-ring (bicyclic) bond motifs is 1. The molecule has 0 amide bonds. The minimum Gasteiger partial charge on any atom is -0.206 e. The van der Waals surface area contributed by atoms with E-state index in [1.54, 1.807) is 6.07 Å². The maximum atomic E-state index is 14.5. The van der Waals surface area contributed by atoms with E-state index in [1.807, 2.05) is 6.92 Å². The highest BCUT2D eigenvalue weighted by molar-refractivity contribution is 5.84. The Labute approximate surface area is 198 Å². The van der Waals surface area contributed by atoms with Gasteiger partial charge in [-0.05, 0) is 59.8 Å². The van der Waals surface area contributed by atoms with Gasteiger partial charge in [0, 0.05) is 16.5 Å². The monoisotopic (exact) mass is 478 g/mol. The summed E-state index contributed by atoms with van der Waals surface area (Å²) in [6.07, 6.45) is 1.60. The van der Waals surface area contributed by atoms with Gasteiger partial charge in [-0.15, -0.1) is 0 Å². The van der Waals surface area contributed by atoms with Crippen LogP contribution in [0.4, 0.5) is 26.3 Å². The molecule has 4 aromatic rings. The number of aryl methyl sites for hydroxylation is 1. The molecule has 174 valence electrons. The molecule has 0 saturated carbocycles. The van der Waals surface area contributed by atoms with Crippen molar-refractivity contribution in [2.24, 2.45) is 0 Å². The fourth-order valence-electron chi connectivity index (χ4n) is 3.53. The Balaban J connectivity index is 1.62. The molecule has 0 spiro atoms. The number of benzene rings is 4. The first kappa shape index (κ1) is 24.0.